The van der Waals surface area contributed by atoms with Crippen molar-refractivity contribution in [2.24, 2.45) is 12.8 Å². The molecule has 1 aromatic carbocycles. The predicted octanol–water partition coefficient (Wildman–Crippen LogP) is 2.17. The number of hydrogen-bond acceptors (Lipinski definition) is 3. The van der Waals surface area contributed by atoms with E-state index in [4.69, 9.17) is 10.8 Å². The fraction of sp³-hybridized carbons (Fsp3) is 0.429. The van der Waals surface area contributed by atoms with Crippen molar-refractivity contribution in [2.45, 2.75) is 32.2 Å². The number of nitrogens with zero attached hydrogens (tertiary/aromatic N) is 2. The Morgan fingerprint density at radius 1 is 1.47 bits per heavy atom. The lowest BCUT2D eigenvalue weighted by Gasteiger charge is -2.10. The molecule has 5 heteroatoms. The molecule has 1 heterocycles. The summed E-state index contributed by atoms with van der Waals surface area (Å²) in [7, 11) is 1.97. The minimum Gasteiger partial charge on any atom is -0.481 e. The highest BCUT2D eigenvalue weighted by molar-refractivity contribution is 5.77. The van der Waals surface area contributed by atoms with Gasteiger partial charge in [-0.15, -0.1) is 0 Å². The van der Waals surface area contributed by atoms with Crippen LogP contribution < -0.4 is 5.73 Å². The zero-order valence-corrected chi connectivity index (χ0v) is 11.4. The van der Waals surface area contributed by atoms with Gasteiger partial charge in [-0.05, 0) is 17.7 Å². The lowest BCUT2D eigenvalue weighted by atomic mass is 10.0. The summed E-state index contributed by atoms with van der Waals surface area (Å²) in [5.41, 5.74) is 8.62. The largest absolute Gasteiger partial charge is 0.481 e. The van der Waals surface area contributed by atoms with Crippen LogP contribution in [0.25, 0.3) is 11.0 Å². The summed E-state index contributed by atoms with van der Waals surface area (Å²) in [6.07, 6.45) is -0.0691. The van der Waals surface area contributed by atoms with Gasteiger partial charge in [-0.2, -0.15) is 0 Å². The molecule has 3 N–H and O–H groups in total. The van der Waals surface area contributed by atoms with Crippen LogP contribution in [0.4, 0.5) is 0 Å². The van der Waals surface area contributed by atoms with Crippen LogP contribution in [0.5, 0.6) is 0 Å². The number of carboxylic acid groups (broad SMARTS) is 1. The number of hydrogen-bond donors (Lipinski definition) is 2. The Morgan fingerprint density at radius 2 is 2.16 bits per heavy atom. The van der Waals surface area contributed by atoms with Crippen molar-refractivity contribution in [1.82, 2.24) is 9.55 Å². The van der Waals surface area contributed by atoms with E-state index < -0.39 is 12.0 Å². The maximum Gasteiger partial charge on any atom is 0.305 e. The molecule has 0 aliphatic carbocycles. The second kappa shape index (κ2) is 5.01. The Morgan fingerprint density at radius 3 is 2.74 bits per heavy atom. The Hall–Kier alpha value is -1.88. The Balaban J connectivity index is 2.45. The second-order valence-electron chi connectivity index (χ2n) is 5.14. The van der Waals surface area contributed by atoms with Crippen LogP contribution in [0.3, 0.4) is 0 Å². The summed E-state index contributed by atoms with van der Waals surface area (Å²) < 4.78 is 2.04. The van der Waals surface area contributed by atoms with Crippen molar-refractivity contribution in [3.63, 3.8) is 0 Å². The van der Waals surface area contributed by atoms with Crippen LogP contribution in [-0.2, 0) is 11.8 Å². The third-order valence-electron chi connectivity index (χ3n) is 3.28. The minimum atomic E-state index is -0.888. The first-order chi connectivity index (χ1) is 8.90. The molecule has 19 heavy (non-hydrogen) atoms. The highest BCUT2D eigenvalue weighted by Gasteiger charge is 2.15. The van der Waals surface area contributed by atoms with Crippen LogP contribution in [0.15, 0.2) is 18.2 Å². The fourth-order valence-corrected chi connectivity index (χ4v) is 2.28. The Bertz CT molecular complexity index is 616. The van der Waals surface area contributed by atoms with E-state index in [1.807, 2.05) is 29.8 Å². The molecule has 1 atom stereocenters. The topological polar surface area (TPSA) is 81.1 Å². The van der Waals surface area contributed by atoms with Gasteiger partial charge in [0.2, 0.25) is 0 Å². The van der Waals surface area contributed by atoms with E-state index in [0.29, 0.717) is 5.92 Å². The standard InChI is InChI=1S/C14H19N3O2/c1-8(2)14-16-11-5-4-9(6-12(11)17(14)3)10(15)7-13(18)19/h4-6,8,10H,7,15H2,1-3H3,(H,18,19). The number of aliphatic carboxylic acids is 1. The van der Waals surface area contributed by atoms with Crippen LogP contribution in [0, 0.1) is 0 Å². The fourth-order valence-electron chi connectivity index (χ4n) is 2.28. The monoisotopic (exact) mass is 261 g/mol. The lowest BCUT2D eigenvalue weighted by molar-refractivity contribution is -0.137. The molecule has 0 spiro atoms. The van der Waals surface area contributed by atoms with Crippen LogP contribution in [0.2, 0.25) is 0 Å². The third-order valence-corrected chi connectivity index (χ3v) is 3.28. The zero-order valence-electron chi connectivity index (χ0n) is 11.4. The second-order valence-corrected chi connectivity index (χ2v) is 5.14. The van der Waals surface area contributed by atoms with E-state index in [9.17, 15) is 4.79 Å². The highest BCUT2D eigenvalue weighted by atomic mass is 16.4. The van der Waals surface area contributed by atoms with E-state index in [1.54, 1.807) is 0 Å². The molecule has 5 nitrogen and oxygen atoms in total. The molecule has 0 saturated carbocycles. The predicted molar refractivity (Wildman–Crippen MR) is 74.0 cm³/mol. The first-order valence-corrected chi connectivity index (χ1v) is 6.33. The lowest BCUT2D eigenvalue weighted by Crippen LogP contribution is -2.14. The molecule has 0 fully saturated rings. The summed E-state index contributed by atoms with van der Waals surface area (Å²) in [5, 5.41) is 8.79. The number of nitrogens with two attached hydrogens (primary N) is 1. The van der Waals surface area contributed by atoms with Gasteiger partial charge >= 0.3 is 5.97 Å². The first-order valence-electron chi connectivity index (χ1n) is 6.33. The number of aryl methyl sites for hydroxylation is 1. The number of carbonyl (C=O) groups is 1. The molecular weight excluding hydrogens is 242 g/mol. The molecule has 1 aromatic heterocycles. The van der Waals surface area contributed by atoms with Crippen molar-refractivity contribution in [3.8, 4) is 0 Å². The van der Waals surface area contributed by atoms with Gasteiger partial charge in [-0.1, -0.05) is 19.9 Å². The van der Waals surface area contributed by atoms with E-state index >= 15 is 0 Å². The number of benzene rings is 1. The molecular formula is C14H19N3O2. The van der Waals surface area contributed by atoms with E-state index in [2.05, 4.69) is 18.8 Å². The van der Waals surface area contributed by atoms with Gasteiger partial charge in [0.05, 0.1) is 17.5 Å². The first kappa shape index (κ1) is 13.5. The summed E-state index contributed by atoms with van der Waals surface area (Å²) in [4.78, 5) is 15.3. The third kappa shape index (κ3) is 2.61. The number of fused-ring (bicyclic) bond motifs is 1. The quantitative estimate of drug-likeness (QED) is 0.883. The summed E-state index contributed by atoms with van der Waals surface area (Å²) in [6.45, 7) is 4.19. The Kier molecular flexibility index (Phi) is 3.57. The number of carboxylic acids is 1. The zero-order chi connectivity index (χ0) is 14.2. The maximum absolute atomic E-state index is 10.7. The molecule has 0 radical (unpaired) electrons. The molecule has 2 aromatic rings. The summed E-state index contributed by atoms with van der Waals surface area (Å²) >= 11 is 0. The van der Waals surface area contributed by atoms with Crippen LogP contribution in [0.1, 0.15) is 43.6 Å². The van der Waals surface area contributed by atoms with Crippen molar-refractivity contribution in [3.05, 3.63) is 29.6 Å². The average Bonchev–Trinajstić information content (AvgIpc) is 2.65. The van der Waals surface area contributed by atoms with Crippen molar-refractivity contribution >= 4 is 17.0 Å². The molecule has 0 amide bonds. The van der Waals surface area contributed by atoms with Crippen LogP contribution in [-0.4, -0.2) is 20.6 Å². The van der Waals surface area contributed by atoms with Gasteiger partial charge in [-0.3, -0.25) is 4.79 Å². The molecule has 0 saturated heterocycles. The van der Waals surface area contributed by atoms with E-state index in [-0.39, 0.29) is 6.42 Å². The van der Waals surface area contributed by atoms with E-state index in [0.717, 1.165) is 22.4 Å². The highest BCUT2D eigenvalue weighted by Crippen LogP contribution is 2.24. The van der Waals surface area contributed by atoms with Crippen LogP contribution >= 0.6 is 0 Å². The van der Waals surface area contributed by atoms with Gasteiger partial charge in [-0.25, -0.2) is 4.98 Å². The molecule has 1 unspecified atom stereocenters. The van der Waals surface area contributed by atoms with Crippen molar-refractivity contribution < 1.29 is 9.90 Å². The van der Waals surface area contributed by atoms with Gasteiger partial charge in [0.15, 0.2) is 0 Å². The Labute approximate surface area is 112 Å². The maximum atomic E-state index is 10.7. The molecule has 0 aliphatic heterocycles. The average molecular weight is 261 g/mol. The summed E-state index contributed by atoms with van der Waals surface area (Å²) in [5.74, 6) is 0.466. The van der Waals surface area contributed by atoms with Crippen molar-refractivity contribution in [1.29, 1.82) is 0 Å². The number of rotatable bonds is 4. The van der Waals surface area contributed by atoms with Gasteiger partial charge in [0, 0.05) is 19.0 Å². The van der Waals surface area contributed by atoms with Crippen molar-refractivity contribution in [2.75, 3.05) is 0 Å². The molecule has 2 rings (SSSR count). The molecule has 0 bridgehead atoms. The normalized spacial score (nSPS) is 13.1. The smallest absolute Gasteiger partial charge is 0.305 e. The molecule has 102 valence electrons. The number of imidazole rings is 1. The van der Waals surface area contributed by atoms with Gasteiger partial charge in [0.25, 0.3) is 0 Å². The molecule has 0 aliphatic rings. The van der Waals surface area contributed by atoms with Gasteiger partial charge < -0.3 is 15.4 Å². The SMILES string of the molecule is CC(C)c1nc2ccc(C(N)CC(=O)O)cc2n1C. The minimum absolute atomic E-state index is 0.0691. The van der Waals surface area contributed by atoms with Gasteiger partial charge in [0.1, 0.15) is 5.82 Å². The van der Waals surface area contributed by atoms with E-state index in [1.165, 1.54) is 0 Å². The summed E-state index contributed by atoms with van der Waals surface area (Å²) in [6, 6.07) is 5.20. The number of aromatic nitrogens is 2.